The number of nitrogens with zero attached hydrogens (tertiary/aromatic N) is 2. The highest BCUT2D eigenvalue weighted by molar-refractivity contribution is 5.87. The topological polar surface area (TPSA) is 58.6 Å². The summed E-state index contributed by atoms with van der Waals surface area (Å²) in [7, 11) is 0. The number of aromatic hydroxyl groups is 1. The van der Waals surface area contributed by atoms with E-state index in [4.69, 9.17) is 4.42 Å². The number of halogens is 1. The van der Waals surface area contributed by atoms with E-state index < -0.39 is 11.6 Å². The molecule has 0 fully saturated rings. The number of phenolic OH excluding ortho intramolecular Hbond substituents is 1. The van der Waals surface area contributed by atoms with Gasteiger partial charge in [0.25, 0.3) is 0 Å². The predicted octanol–water partition coefficient (Wildman–Crippen LogP) is 5.40. The number of rotatable bonds is 3. The number of hydrogen-bond donors (Lipinski definition) is 1. The average Bonchev–Trinajstić information content (AvgIpc) is 3.07. The van der Waals surface area contributed by atoms with Crippen LogP contribution in [0, 0.1) is 12.7 Å². The van der Waals surface area contributed by atoms with Crippen LogP contribution in [0.5, 0.6) is 5.75 Å². The second-order valence-corrected chi connectivity index (χ2v) is 5.97. The van der Waals surface area contributed by atoms with Crippen molar-refractivity contribution in [2.75, 3.05) is 0 Å². The number of para-hydroxylation sites is 1. The van der Waals surface area contributed by atoms with Crippen molar-refractivity contribution in [3.63, 3.8) is 0 Å². The monoisotopic (exact) mass is 346 g/mol. The molecule has 0 radical (unpaired) electrons. The number of fused-ring (bicyclic) bond motifs is 1. The first-order valence-electron chi connectivity index (χ1n) is 8.09. The Hall–Kier alpha value is -3.47. The van der Waals surface area contributed by atoms with Gasteiger partial charge in [0.05, 0.1) is 5.69 Å². The van der Waals surface area contributed by atoms with Gasteiger partial charge in [-0.1, -0.05) is 23.8 Å². The molecule has 5 heteroatoms. The second kappa shape index (κ2) is 6.44. The van der Waals surface area contributed by atoms with Crippen molar-refractivity contribution in [1.29, 1.82) is 0 Å². The van der Waals surface area contributed by atoms with Gasteiger partial charge in [0.1, 0.15) is 5.52 Å². The van der Waals surface area contributed by atoms with Crippen LogP contribution in [-0.4, -0.2) is 16.3 Å². The third-order valence-electron chi connectivity index (χ3n) is 4.04. The van der Waals surface area contributed by atoms with E-state index in [1.54, 1.807) is 24.3 Å². The number of benzene rings is 3. The molecule has 4 nitrogen and oxygen atoms in total. The van der Waals surface area contributed by atoms with Crippen molar-refractivity contribution in [2.45, 2.75) is 6.92 Å². The Kier molecular flexibility index (Phi) is 3.97. The molecule has 0 aliphatic heterocycles. The molecule has 128 valence electrons. The van der Waals surface area contributed by atoms with Crippen molar-refractivity contribution in [1.82, 2.24) is 4.98 Å². The summed E-state index contributed by atoms with van der Waals surface area (Å²) in [5.41, 5.74) is 4.35. The van der Waals surface area contributed by atoms with Crippen molar-refractivity contribution < 1.29 is 13.9 Å². The van der Waals surface area contributed by atoms with Crippen LogP contribution in [-0.2, 0) is 0 Å². The van der Waals surface area contributed by atoms with E-state index in [1.807, 2.05) is 31.2 Å². The van der Waals surface area contributed by atoms with Crippen LogP contribution in [0.3, 0.4) is 0 Å². The van der Waals surface area contributed by atoms with E-state index in [1.165, 1.54) is 23.9 Å². The number of aliphatic imine (C=N–C) groups is 1. The summed E-state index contributed by atoms with van der Waals surface area (Å²) in [5.74, 6) is -0.548. The molecular formula is C21H15FN2O2. The maximum Gasteiger partial charge on any atom is 0.227 e. The number of hydrogen-bond acceptors (Lipinski definition) is 4. The van der Waals surface area contributed by atoms with Gasteiger partial charge >= 0.3 is 0 Å². The highest BCUT2D eigenvalue weighted by Crippen LogP contribution is 2.27. The SMILES string of the molecule is Cc1ccc(-c2nc3cc(N=Cc4cccc(F)c4O)ccc3o2)cc1. The molecule has 0 aliphatic rings. The van der Waals surface area contributed by atoms with E-state index in [-0.39, 0.29) is 0 Å². The van der Waals surface area contributed by atoms with Gasteiger partial charge in [-0.2, -0.15) is 0 Å². The minimum atomic E-state index is -0.677. The van der Waals surface area contributed by atoms with E-state index in [0.717, 1.165) is 5.56 Å². The van der Waals surface area contributed by atoms with Gasteiger partial charge in [0.15, 0.2) is 17.1 Å². The minimum absolute atomic E-state index is 0.311. The summed E-state index contributed by atoms with van der Waals surface area (Å²) < 4.78 is 19.2. The van der Waals surface area contributed by atoms with Gasteiger partial charge in [-0.05, 0) is 49.4 Å². The molecule has 4 rings (SSSR count). The maximum atomic E-state index is 13.4. The lowest BCUT2D eigenvalue weighted by molar-refractivity contribution is 0.431. The Balaban J connectivity index is 1.66. The summed E-state index contributed by atoms with van der Waals surface area (Å²) in [5, 5.41) is 9.70. The summed E-state index contributed by atoms with van der Waals surface area (Å²) >= 11 is 0. The van der Waals surface area contributed by atoms with Gasteiger partial charge in [0, 0.05) is 17.3 Å². The van der Waals surface area contributed by atoms with Gasteiger partial charge < -0.3 is 9.52 Å². The summed E-state index contributed by atoms with van der Waals surface area (Å²) in [4.78, 5) is 8.80. The Labute approximate surface area is 149 Å². The Morgan fingerprint density at radius 1 is 1.08 bits per heavy atom. The third-order valence-corrected chi connectivity index (χ3v) is 4.04. The van der Waals surface area contributed by atoms with Crippen molar-refractivity contribution in [3.8, 4) is 17.2 Å². The third kappa shape index (κ3) is 3.07. The summed E-state index contributed by atoms with van der Waals surface area (Å²) in [6.45, 7) is 2.02. The number of aromatic nitrogens is 1. The molecule has 0 amide bonds. The molecule has 1 aromatic heterocycles. The molecule has 0 unspecified atom stereocenters. The standard InChI is InChI=1S/C21H15FN2O2/c1-13-5-7-14(8-6-13)21-24-18-11-16(9-10-19(18)26-21)23-12-15-3-2-4-17(22)20(15)25/h2-12,25H,1H3. The Morgan fingerprint density at radius 2 is 1.88 bits per heavy atom. The van der Waals surface area contributed by atoms with Crippen LogP contribution in [0.4, 0.5) is 10.1 Å². The zero-order valence-corrected chi connectivity index (χ0v) is 14.0. The molecule has 4 aromatic rings. The van der Waals surface area contributed by atoms with Crippen LogP contribution >= 0.6 is 0 Å². The van der Waals surface area contributed by atoms with Gasteiger partial charge in [0.2, 0.25) is 5.89 Å². The van der Waals surface area contributed by atoms with Crippen LogP contribution in [0.15, 0.2) is 70.1 Å². The van der Waals surface area contributed by atoms with Crippen LogP contribution in [0.25, 0.3) is 22.6 Å². The molecule has 0 saturated heterocycles. The fourth-order valence-electron chi connectivity index (χ4n) is 2.60. The largest absolute Gasteiger partial charge is 0.504 e. The number of oxazole rings is 1. The first kappa shape index (κ1) is 16.0. The fraction of sp³-hybridized carbons (Fsp3) is 0.0476. The van der Waals surface area contributed by atoms with E-state index >= 15 is 0 Å². The fourth-order valence-corrected chi connectivity index (χ4v) is 2.60. The summed E-state index contributed by atoms with van der Waals surface area (Å²) in [6.07, 6.45) is 1.42. The molecule has 0 atom stereocenters. The summed E-state index contributed by atoms with van der Waals surface area (Å²) in [6, 6.07) is 17.6. The predicted molar refractivity (Wildman–Crippen MR) is 99.5 cm³/mol. The van der Waals surface area contributed by atoms with E-state index in [0.29, 0.717) is 28.2 Å². The van der Waals surface area contributed by atoms with Crippen molar-refractivity contribution >= 4 is 23.0 Å². The molecule has 1 heterocycles. The first-order valence-corrected chi connectivity index (χ1v) is 8.09. The van der Waals surface area contributed by atoms with Crippen LogP contribution < -0.4 is 0 Å². The van der Waals surface area contributed by atoms with E-state index in [9.17, 15) is 9.50 Å². The number of phenols is 1. The first-order chi connectivity index (χ1) is 12.6. The Morgan fingerprint density at radius 3 is 2.69 bits per heavy atom. The van der Waals surface area contributed by atoms with Gasteiger partial charge in [-0.25, -0.2) is 9.37 Å². The quantitative estimate of drug-likeness (QED) is 0.505. The number of aryl methyl sites for hydroxylation is 1. The van der Waals surface area contributed by atoms with Crippen LogP contribution in [0.2, 0.25) is 0 Å². The lowest BCUT2D eigenvalue weighted by atomic mass is 10.1. The highest BCUT2D eigenvalue weighted by Gasteiger charge is 2.09. The second-order valence-electron chi connectivity index (χ2n) is 5.97. The maximum absolute atomic E-state index is 13.4. The van der Waals surface area contributed by atoms with E-state index in [2.05, 4.69) is 9.98 Å². The Bertz CT molecular complexity index is 1110. The van der Waals surface area contributed by atoms with Gasteiger partial charge in [-0.15, -0.1) is 0 Å². The smallest absolute Gasteiger partial charge is 0.227 e. The van der Waals surface area contributed by atoms with Crippen molar-refractivity contribution in [3.05, 3.63) is 77.6 Å². The highest BCUT2D eigenvalue weighted by atomic mass is 19.1. The molecule has 0 bridgehead atoms. The molecular weight excluding hydrogens is 331 g/mol. The molecule has 1 N–H and O–H groups in total. The zero-order valence-electron chi connectivity index (χ0n) is 14.0. The minimum Gasteiger partial charge on any atom is -0.504 e. The van der Waals surface area contributed by atoms with Gasteiger partial charge in [-0.3, -0.25) is 4.99 Å². The normalized spacial score (nSPS) is 11.5. The molecule has 0 saturated carbocycles. The zero-order chi connectivity index (χ0) is 18.1. The van der Waals surface area contributed by atoms with Crippen molar-refractivity contribution in [2.24, 2.45) is 4.99 Å². The molecule has 0 aliphatic carbocycles. The average molecular weight is 346 g/mol. The lowest BCUT2D eigenvalue weighted by Crippen LogP contribution is -1.85. The molecule has 3 aromatic carbocycles. The molecule has 0 spiro atoms. The molecule has 26 heavy (non-hydrogen) atoms. The van der Waals surface area contributed by atoms with Crippen LogP contribution in [0.1, 0.15) is 11.1 Å². The lowest BCUT2D eigenvalue weighted by Gasteiger charge is -1.99.